The van der Waals surface area contributed by atoms with Crippen molar-refractivity contribution in [2.24, 2.45) is 0 Å². The summed E-state index contributed by atoms with van der Waals surface area (Å²) >= 11 is 0. The molecule has 148 valence electrons. The molecule has 0 unspecified atom stereocenters. The number of ketones is 1. The van der Waals surface area contributed by atoms with Gasteiger partial charge in [0, 0.05) is 12.6 Å². The molecule has 4 aromatic rings. The average molecular weight is 392 g/mol. The van der Waals surface area contributed by atoms with Gasteiger partial charge in [0.05, 0.1) is 23.6 Å². The topological polar surface area (TPSA) is 87.7 Å². The number of hydrogen-bond donors (Lipinski definition) is 0. The van der Waals surface area contributed by atoms with E-state index in [2.05, 4.69) is 10.2 Å². The number of hydrogen-bond acceptors (Lipinski definition) is 6. The van der Waals surface area contributed by atoms with Crippen LogP contribution in [0.4, 0.5) is 0 Å². The highest BCUT2D eigenvalue weighted by Crippen LogP contribution is 2.26. The van der Waals surface area contributed by atoms with Gasteiger partial charge in [-0.25, -0.2) is 0 Å². The normalized spacial score (nSPS) is 11.1. The molecular formula is C21H20N4O4. The van der Waals surface area contributed by atoms with Crippen molar-refractivity contribution in [1.82, 2.24) is 19.2 Å². The molecule has 2 heterocycles. The first-order valence-electron chi connectivity index (χ1n) is 9.22. The van der Waals surface area contributed by atoms with Crippen LogP contribution in [0.2, 0.25) is 0 Å². The number of aromatic nitrogens is 4. The van der Waals surface area contributed by atoms with Crippen LogP contribution in [0.5, 0.6) is 11.5 Å². The van der Waals surface area contributed by atoms with Crippen LogP contribution in [0.1, 0.15) is 30.0 Å². The van der Waals surface area contributed by atoms with Gasteiger partial charge in [-0.15, -0.1) is 10.2 Å². The number of fused-ring (bicyclic) bond motifs is 3. The number of para-hydroxylation sites is 1. The van der Waals surface area contributed by atoms with Crippen LogP contribution in [-0.4, -0.2) is 32.1 Å². The van der Waals surface area contributed by atoms with Gasteiger partial charge in [0.1, 0.15) is 18.1 Å². The Hall–Kier alpha value is -3.68. The van der Waals surface area contributed by atoms with Crippen LogP contribution in [-0.2, 0) is 13.2 Å². The molecule has 0 spiro atoms. The van der Waals surface area contributed by atoms with Crippen molar-refractivity contribution in [3.63, 3.8) is 0 Å². The van der Waals surface area contributed by atoms with E-state index in [0.29, 0.717) is 46.1 Å². The molecule has 0 fully saturated rings. The molecule has 0 N–H and O–H groups in total. The van der Waals surface area contributed by atoms with Crippen LogP contribution in [0.25, 0.3) is 16.7 Å². The van der Waals surface area contributed by atoms with Crippen molar-refractivity contribution in [2.45, 2.75) is 27.0 Å². The molecule has 0 bridgehead atoms. The quantitative estimate of drug-likeness (QED) is 0.469. The Bertz CT molecular complexity index is 1290. The van der Waals surface area contributed by atoms with Gasteiger partial charge in [-0.3, -0.25) is 18.6 Å². The van der Waals surface area contributed by atoms with Crippen molar-refractivity contribution < 1.29 is 14.3 Å². The Kier molecular flexibility index (Phi) is 4.75. The van der Waals surface area contributed by atoms with Crippen molar-refractivity contribution >= 4 is 22.5 Å². The van der Waals surface area contributed by atoms with Gasteiger partial charge >= 0.3 is 0 Å². The predicted molar refractivity (Wildman–Crippen MR) is 108 cm³/mol. The molecule has 0 aliphatic carbocycles. The maximum atomic E-state index is 12.8. The lowest BCUT2D eigenvalue weighted by atomic mass is 10.1. The fourth-order valence-corrected chi connectivity index (χ4v) is 3.38. The number of nitrogens with zero attached hydrogens (tertiary/aromatic N) is 4. The molecule has 0 saturated carbocycles. The lowest BCUT2D eigenvalue weighted by Gasteiger charge is -2.12. The largest absolute Gasteiger partial charge is 0.497 e. The number of carbonyl (C=O) groups is 1. The van der Waals surface area contributed by atoms with E-state index in [1.54, 1.807) is 35.9 Å². The number of carbonyl (C=O) groups excluding carboxylic acids is 1. The predicted octanol–water partition coefficient (Wildman–Crippen LogP) is 2.85. The third kappa shape index (κ3) is 3.12. The summed E-state index contributed by atoms with van der Waals surface area (Å²) in [5.74, 6) is 1.85. The molecule has 8 nitrogen and oxygen atoms in total. The smallest absolute Gasteiger partial charge is 0.262 e. The number of rotatable bonds is 6. The lowest BCUT2D eigenvalue weighted by Crippen LogP contribution is -2.22. The number of ether oxygens (including phenoxy) is 2. The Labute approximate surface area is 166 Å². The number of methoxy groups -OCH3 is 1. The van der Waals surface area contributed by atoms with Gasteiger partial charge < -0.3 is 9.47 Å². The molecular weight excluding hydrogens is 372 g/mol. The monoisotopic (exact) mass is 392 g/mol. The van der Waals surface area contributed by atoms with Crippen molar-refractivity contribution in [3.05, 3.63) is 64.2 Å². The number of Topliss-reactive ketones (excluding diaryl/α,β-unsaturated/α-hetero) is 1. The highest BCUT2D eigenvalue weighted by Gasteiger charge is 2.17. The molecule has 29 heavy (non-hydrogen) atoms. The SMILES string of the molecule is CCn1c(=O)c2ccccc2n2c(COc3cc(OC)ccc3C(C)=O)nnc12. The van der Waals surface area contributed by atoms with Gasteiger partial charge in [0.25, 0.3) is 5.56 Å². The molecule has 0 saturated heterocycles. The van der Waals surface area contributed by atoms with Crippen LogP contribution in [0.15, 0.2) is 47.3 Å². The highest BCUT2D eigenvalue weighted by atomic mass is 16.5. The second-order valence-corrected chi connectivity index (χ2v) is 6.53. The van der Waals surface area contributed by atoms with E-state index in [1.807, 2.05) is 29.5 Å². The Morgan fingerprint density at radius 3 is 2.66 bits per heavy atom. The third-order valence-electron chi connectivity index (χ3n) is 4.82. The molecule has 0 aliphatic rings. The van der Waals surface area contributed by atoms with Gasteiger partial charge in [-0.05, 0) is 38.1 Å². The summed E-state index contributed by atoms with van der Waals surface area (Å²) in [5, 5.41) is 9.03. The number of aryl methyl sites for hydroxylation is 1. The molecule has 0 aliphatic heterocycles. The Morgan fingerprint density at radius 2 is 1.93 bits per heavy atom. The van der Waals surface area contributed by atoms with Gasteiger partial charge in [-0.2, -0.15) is 0 Å². The second-order valence-electron chi connectivity index (χ2n) is 6.53. The van der Waals surface area contributed by atoms with Crippen LogP contribution in [0.3, 0.4) is 0 Å². The van der Waals surface area contributed by atoms with Crippen LogP contribution in [0, 0.1) is 0 Å². The van der Waals surface area contributed by atoms with Crippen LogP contribution < -0.4 is 15.0 Å². The van der Waals surface area contributed by atoms with E-state index < -0.39 is 0 Å². The summed E-state index contributed by atoms with van der Waals surface area (Å²) in [6.45, 7) is 3.90. The zero-order valence-corrected chi connectivity index (χ0v) is 16.4. The van der Waals surface area contributed by atoms with Crippen LogP contribution >= 0.6 is 0 Å². The molecule has 2 aromatic carbocycles. The first-order chi connectivity index (χ1) is 14.0. The molecule has 2 aromatic heterocycles. The average Bonchev–Trinajstić information content (AvgIpc) is 3.16. The van der Waals surface area contributed by atoms with E-state index in [1.165, 1.54) is 6.92 Å². The minimum Gasteiger partial charge on any atom is -0.497 e. The van der Waals surface area contributed by atoms with Crippen molar-refractivity contribution in [1.29, 1.82) is 0 Å². The molecule has 8 heteroatoms. The summed E-state index contributed by atoms with van der Waals surface area (Å²) in [4.78, 5) is 24.7. The maximum Gasteiger partial charge on any atom is 0.262 e. The summed E-state index contributed by atoms with van der Waals surface area (Å²) < 4.78 is 14.6. The van der Waals surface area contributed by atoms with Gasteiger partial charge in [0.15, 0.2) is 11.6 Å². The van der Waals surface area contributed by atoms with Crippen molar-refractivity contribution in [2.75, 3.05) is 7.11 Å². The van der Waals surface area contributed by atoms with Gasteiger partial charge in [0.2, 0.25) is 5.78 Å². The van der Waals surface area contributed by atoms with E-state index >= 15 is 0 Å². The fourth-order valence-electron chi connectivity index (χ4n) is 3.38. The zero-order valence-electron chi connectivity index (χ0n) is 16.4. The van der Waals surface area contributed by atoms with E-state index in [4.69, 9.17) is 9.47 Å². The summed E-state index contributed by atoms with van der Waals surface area (Å²) in [6, 6.07) is 12.4. The summed E-state index contributed by atoms with van der Waals surface area (Å²) in [7, 11) is 1.55. The zero-order chi connectivity index (χ0) is 20.5. The molecule has 0 radical (unpaired) electrons. The molecule has 4 rings (SSSR count). The highest BCUT2D eigenvalue weighted by molar-refractivity contribution is 5.97. The Balaban J connectivity index is 1.82. The minimum absolute atomic E-state index is 0.0700. The third-order valence-corrected chi connectivity index (χ3v) is 4.82. The van der Waals surface area contributed by atoms with E-state index in [0.717, 1.165) is 0 Å². The van der Waals surface area contributed by atoms with Crippen molar-refractivity contribution in [3.8, 4) is 11.5 Å². The first kappa shape index (κ1) is 18.7. The first-order valence-corrected chi connectivity index (χ1v) is 9.22. The van der Waals surface area contributed by atoms with Gasteiger partial charge in [-0.1, -0.05) is 12.1 Å². The molecule has 0 amide bonds. The van der Waals surface area contributed by atoms with E-state index in [9.17, 15) is 9.59 Å². The maximum absolute atomic E-state index is 12.8. The minimum atomic E-state index is -0.112. The standard InChI is InChI=1S/C21H20N4O4/c1-4-24-20(27)16-7-5-6-8-17(16)25-19(22-23-21(24)25)12-29-18-11-14(28-3)9-10-15(18)13(2)26/h5-11H,4,12H2,1-3H3. The molecule has 0 atom stereocenters. The lowest BCUT2D eigenvalue weighted by molar-refractivity contribution is 0.101. The number of benzene rings is 2. The van der Waals surface area contributed by atoms with E-state index in [-0.39, 0.29) is 17.9 Å². The summed E-state index contributed by atoms with van der Waals surface area (Å²) in [6.07, 6.45) is 0. The summed E-state index contributed by atoms with van der Waals surface area (Å²) in [5.41, 5.74) is 1.05. The fraction of sp³-hybridized carbons (Fsp3) is 0.238. The Morgan fingerprint density at radius 1 is 1.14 bits per heavy atom. The second kappa shape index (κ2) is 7.38.